The van der Waals surface area contributed by atoms with Crippen LogP contribution in [0.5, 0.6) is 11.5 Å². The number of nitrogens with two attached hydrogens (primary N) is 1. The minimum atomic E-state index is 0.666. The molecule has 0 aliphatic heterocycles. The number of benzene rings is 1. The molecule has 5 nitrogen and oxygen atoms in total. The third-order valence-corrected chi connectivity index (χ3v) is 3.00. The van der Waals surface area contributed by atoms with Gasteiger partial charge in [-0.1, -0.05) is 0 Å². The first-order chi connectivity index (χ1) is 8.58. The van der Waals surface area contributed by atoms with Gasteiger partial charge in [0.2, 0.25) is 0 Å². The molecule has 0 unspecified atom stereocenters. The van der Waals surface area contributed by atoms with Crippen LogP contribution in [0.3, 0.4) is 0 Å². The van der Waals surface area contributed by atoms with Gasteiger partial charge in [-0.05, 0) is 25.1 Å². The van der Waals surface area contributed by atoms with Crippen LogP contribution >= 0.6 is 0 Å². The molecule has 0 saturated heterocycles. The van der Waals surface area contributed by atoms with Crippen LogP contribution < -0.4 is 15.2 Å². The highest BCUT2D eigenvalue weighted by Crippen LogP contribution is 2.33. The van der Waals surface area contributed by atoms with E-state index in [1.54, 1.807) is 18.9 Å². The Bertz CT molecular complexity index is 576. The van der Waals surface area contributed by atoms with Crippen molar-refractivity contribution in [3.05, 3.63) is 23.8 Å². The van der Waals surface area contributed by atoms with Gasteiger partial charge in [-0.15, -0.1) is 0 Å². The number of rotatable bonds is 3. The Balaban J connectivity index is 2.54. The van der Waals surface area contributed by atoms with Gasteiger partial charge in [0, 0.05) is 18.2 Å². The highest BCUT2D eigenvalue weighted by atomic mass is 16.5. The molecule has 0 amide bonds. The minimum Gasteiger partial charge on any atom is -0.493 e. The van der Waals surface area contributed by atoms with Crippen LogP contribution in [0.4, 0.5) is 5.82 Å². The Hall–Kier alpha value is -2.17. The lowest BCUT2D eigenvalue weighted by molar-refractivity contribution is 0.355. The highest BCUT2D eigenvalue weighted by Gasteiger charge is 2.13. The number of anilines is 1. The van der Waals surface area contributed by atoms with Crippen molar-refractivity contribution in [1.82, 2.24) is 9.78 Å². The van der Waals surface area contributed by atoms with Crippen molar-refractivity contribution >= 4 is 5.82 Å². The van der Waals surface area contributed by atoms with Gasteiger partial charge in [0.15, 0.2) is 11.5 Å². The quantitative estimate of drug-likeness (QED) is 0.901. The molecule has 18 heavy (non-hydrogen) atoms. The van der Waals surface area contributed by atoms with Gasteiger partial charge in [0.25, 0.3) is 0 Å². The first kappa shape index (κ1) is 12.3. The molecule has 0 aliphatic carbocycles. The average molecular weight is 247 g/mol. The van der Waals surface area contributed by atoms with Crippen LogP contribution in [0.2, 0.25) is 0 Å². The van der Waals surface area contributed by atoms with Crippen molar-refractivity contribution in [2.75, 3.05) is 20.0 Å². The number of hydrogen-bond donors (Lipinski definition) is 1. The Morgan fingerprint density at radius 3 is 2.33 bits per heavy atom. The maximum Gasteiger partial charge on any atom is 0.161 e. The zero-order chi connectivity index (χ0) is 13.3. The monoisotopic (exact) mass is 247 g/mol. The molecule has 0 spiro atoms. The summed E-state index contributed by atoms with van der Waals surface area (Å²) in [6.45, 7) is 1.95. The summed E-state index contributed by atoms with van der Waals surface area (Å²) in [5.41, 5.74) is 8.69. The summed E-state index contributed by atoms with van der Waals surface area (Å²) in [6, 6.07) is 5.70. The van der Waals surface area contributed by atoms with Crippen LogP contribution in [-0.4, -0.2) is 24.0 Å². The zero-order valence-electron chi connectivity index (χ0n) is 11.0. The SMILES string of the molecule is COc1ccc(-c2nn(C)c(N)c2C)cc1OC. The maximum absolute atomic E-state index is 5.91. The van der Waals surface area contributed by atoms with Gasteiger partial charge in [-0.2, -0.15) is 5.10 Å². The van der Waals surface area contributed by atoms with Crippen LogP contribution in [-0.2, 0) is 7.05 Å². The lowest BCUT2D eigenvalue weighted by atomic mass is 10.1. The van der Waals surface area contributed by atoms with Gasteiger partial charge in [-0.25, -0.2) is 0 Å². The predicted molar refractivity (Wildman–Crippen MR) is 70.9 cm³/mol. The normalized spacial score (nSPS) is 10.4. The van der Waals surface area contributed by atoms with E-state index in [0.29, 0.717) is 17.3 Å². The smallest absolute Gasteiger partial charge is 0.161 e. The molecule has 0 saturated carbocycles. The van der Waals surface area contributed by atoms with Crippen LogP contribution in [0, 0.1) is 6.92 Å². The molecule has 5 heteroatoms. The van der Waals surface area contributed by atoms with Crippen molar-refractivity contribution in [2.24, 2.45) is 7.05 Å². The van der Waals surface area contributed by atoms with E-state index in [4.69, 9.17) is 15.2 Å². The zero-order valence-corrected chi connectivity index (χ0v) is 11.0. The standard InChI is InChI=1S/C13H17N3O2/c1-8-12(15-16(2)13(8)14)9-5-6-10(17-3)11(7-9)18-4/h5-7H,14H2,1-4H3. The van der Waals surface area contributed by atoms with Gasteiger partial charge in [0.05, 0.1) is 19.9 Å². The second-order valence-electron chi connectivity index (χ2n) is 4.05. The molecule has 0 radical (unpaired) electrons. The molecule has 0 atom stereocenters. The van der Waals surface area contributed by atoms with E-state index in [-0.39, 0.29) is 0 Å². The van der Waals surface area contributed by atoms with Crippen molar-refractivity contribution in [1.29, 1.82) is 0 Å². The Morgan fingerprint density at radius 1 is 1.17 bits per heavy atom. The number of nitrogen functional groups attached to an aromatic ring is 1. The topological polar surface area (TPSA) is 62.3 Å². The number of nitrogens with zero attached hydrogens (tertiary/aromatic N) is 2. The summed E-state index contributed by atoms with van der Waals surface area (Å²) in [7, 11) is 5.05. The Kier molecular flexibility index (Phi) is 3.14. The van der Waals surface area contributed by atoms with E-state index < -0.39 is 0 Å². The van der Waals surface area contributed by atoms with Crippen LogP contribution in [0.15, 0.2) is 18.2 Å². The summed E-state index contributed by atoms with van der Waals surface area (Å²) in [5.74, 6) is 2.04. The third-order valence-electron chi connectivity index (χ3n) is 3.00. The number of ether oxygens (including phenoxy) is 2. The van der Waals surface area contributed by atoms with Gasteiger partial charge >= 0.3 is 0 Å². The number of aryl methyl sites for hydroxylation is 1. The van der Waals surface area contributed by atoms with E-state index in [1.165, 1.54) is 0 Å². The van der Waals surface area contributed by atoms with Crippen molar-refractivity contribution in [2.45, 2.75) is 6.92 Å². The summed E-state index contributed by atoms with van der Waals surface area (Å²) >= 11 is 0. The van der Waals surface area contributed by atoms with Crippen LogP contribution in [0.1, 0.15) is 5.56 Å². The molecular weight excluding hydrogens is 230 g/mol. The van der Waals surface area contributed by atoms with Crippen LogP contribution in [0.25, 0.3) is 11.3 Å². The molecule has 2 rings (SSSR count). The third kappa shape index (κ3) is 1.88. The van der Waals surface area contributed by atoms with Gasteiger partial charge in [-0.3, -0.25) is 4.68 Å². The minimum absolute atomic E-state index is 0.666. The summed E-state index contributed by atoms with van der Waals surface area (Å²) in [4.78, 5) is 0. The summed E-state index contributed by atoms with van der Waals surface area (Å²) in [6.07, 6.45) is 0. The average Bonchev–Trinajstić information content (AvgIpc) is 2.65. The maximum atomic E-state index is 5.91. The van der Waals surface area contributed by atoms with E-state index in [9.17, 15) is 0 Å². The molecule has 1 heterocycles. The summed E-state index contributed by atoms with van der Waals surface area (Å²) < 4.78 is 12.2. The largest absolute Gasteiger partial charge is 0.493 e. The number of hydrogen-bond acceptors (Lipinski definition) is 4. The molecule has 1 aromatic carbocycles. The highest BCUT2D eigenvalue weighted by molar-refractivity contribution is 5.70. The number of methoxy groups -OCH3 is 2. The molecule has 0 bridgehead atoms. The molecule has 2 N–H and O–H groups in total. The lowest BCUT2D eigenvalue weighted by Crippen LogP contribution is -1.97. The second kappa shape index (κ2) is 4.60. The Morgan fingerprint density at radius 2 is 1.83 bits per heavy atom. The van der Waals surface area contributed by atoms with Crippen molar-refractivity contribution in [3.63, 3.8) is 0 Å². The van der Waals surface area contributed by atoms with E-state index >= 15 is 0 Å². The molecule has 1 aromatic heterocycles. The number of aromatic nitrogens is 2. The molecule has 0 fully saturated rings. The van der Waals surface area contributed by atoms with E-state index in [1.807, 2.05) is 32.2 Å². The van der Waals surface area contributed by atoms with Crippen molar-refractivity contribution < 1.29 is 9.47 Å². The molecule has 96 valence electrons. The second-order valence-corrected chi connectivity index (χ2v) is 4.05. The van der Waals surface area contributed by atoms with Gasteiger partial charge < -0.3 is 15.2 Å². The summed E-state index contributed by atoms with van der Waals surface area (Å²) in [5, 5.41) is 4.41. The molecule has 0 aliphatic rings. The fraction of sp³-hybridized carbons (Fsp3) is 0.308. The lowest BCUT2D eigenvalue weighted by Gasteiger charge is -2.08. The van der Waals surface area contributed by atoms with Crippen molar-refractivity contribution in [3.8, 4) is 22.8 Å². The van der Waals surface area contributed by atoms with Gasteiger partial charge in [0.1, 0.15) is 5.82 Å². The molecular formula is C13H17N3O2. The first-order valence-electron chi connectivity index (χ1n) is 5.60. The van der Waals surface area contributed by atoms with E-state index in [2.05, 4.69) is 5.10 Å². The molecule has 2 aromatic rings. The predicted octanol–water partition coefficient (Wildman–Crippen LogP) is 1.99. The first-order valence-corrected chi connectivity index (χ1v) is 5.60. The fourth-order valence-corrected chi connectivity index (χ4v) is 1.90. The fourth-order valence-electron chi connectivity index (χ4n) is 1.90. The van der Waals surface area contributed by atoms with E-state index in [0.717, 1.165) is 16.8 Å². The Labute approximate surface area is 106 Å².